The van der Waals surface area contributed by atoms with E-state index in [2.05, 4.69) is 9.98 Å². The maximum atomic E-state index is 14.5. The molecule has 0 saturated heterocycles. The number of nitro benzene ring substituents is 1. The van der Waals surface area contributed by atoms with Crippen LogP contribution in [0.5, 0.6) is 0 Å². The van der Waals surface area contributed by atoms with Crippen molar-refractivity contribution in [2.75, 3.05) is 0 Å². The minimum atomic E-state index is -1.33. The van der Waals surface area contributed by atoms with Crippen molar-refractivity contribution in [3.05, 3.63) is 86.7 Å². The highest BCUT2D eigenvalue weighted by atomic mass is 19.1. The molecule has 7 nitrogen and oxygen atoms in total. The molecule has 1 aromatic heterocycles. The molecule has 1 aliphatic heterocycles. The van der Waals surface area contributed by atoms with Gasteiger partial charge in [0, 0.05) is 29.0 Å². The Morgan fingerprint density at radius 2 is 1.93 bits per heavy atom. The number of aromatic nitrogens is 2. The van der Waals surface area contributed by atoms with Crippen molar-refractivity contribution in [3.8, 4) is 5.69 Å². The summed E-state index contributed by atoms with van der Waals surface area (Å²) in [5, 5.41) is 21.9. The molecule has 0 fully saturated rings. The standard InChI is InChI=1S/C19H15FN4O3/c1-10-11(2)23-16-8-7-12(24(26)27)9-14(16)17(22-19(25)18(23)21-10)13-5-3-4-6-15(13)20/h3-9,19,25H,1-2H3. The van der Waals surface area contributed by atoms with Crippen molar-refractivity contribution in [2.45, 2.75) is 20.1 Å². The van der Waals surface area contributed by atoms with E-state index in [9.17, 15) is 19.6 Å². The van der Waals surface area contributed by atoms with Gasteiger partial charge in [-0.25, -0.2) is 14.4 Å². The highest BCUT2D eigenvalue weighted by Crippen LogP contribution is 2.33. The molecular weight excluding hydrogens is 351 g/mol. The number of fused-ring (bicyclic) bond motifs is 3. The van der Waals surface area contributed by atoms with E-state index >= 15 is 0 Å². The third kappa shape index (κ3) is 2.61. The van der Waals surface area contributed by atoms with Crippen LogP contribution in [-0.4, -0.2) is 25.3 Å². The summed E-state index contributed by atoms with van der Waals surface area (Å²) >= 11 is 0. The zero-order valence-corrected chi connectivity index (χ0v) is 14.5. The second kappa shape index (κ2) is 6.10. The van der Waals surface area contributed by atoms with Crippen LogP contribution in [0.15, 0.2) is 47.5 Å². The fourth-order valence-corrected chi connectivity index (χ4v) is 3.25. The van der Waals surface area contributed by atoms with Crippen molar-refractivity contribution >= 4 is 11.4 Å². The molecule has 4 rings (SSSR count). The van der Waals surface area contributed by atoms with Gasteiger partial charge in [-0.05, 0) is 32.0 Å². The predicted molar refractivity (Wildman–Crippen MR) is 96.7 cm³/mol. The predicted octanol–water partition coefficient (Wildman–Crippen LogP) is 3.38. The van der Waals surface area contributed by atoms with E-state index in [-0.39, 0.29) is 22.8 Å². The van der Waals surface area contributed by atoms with Gasteiger partial charge in [-0.15, -0.1) is 0 Å². The molecule has 1 N–H and O–H groups in total. The van der Waals surface area contributed by atoms with Gasteiger partial charge in [0.2, 0.25) is 6.23 Å². The van der Waals surface area contributed by atoms with E-state index in [4.69, 9.17) is 0 Å². The van der Waals surface area contributed by atoms with Gasteiger partial charge < -0.3 is 5.11 Å². The Balaban J connectivity index is 2.09. The monoisotopic (exact) mass is 366 g/mol. The molecule has 1 atom stereocenters. The number of aliphatic hydroxyl groups is 1. The van der Waals surface area contributed by atoms with E-state index in [1.807, 2.05) is 6.92 Å². The van der Waals surface area contributed by atoms with Crippen molar-refractivity contribution in [1.29, 1.82) is 0 Å². The summed E-state index contributed by atoms with van der Waals surface area (Å²) in [5.41, 5.74) is 2.52. The topological polar surface area (TPSA) is 93.5 Å². The van der Waals surface area contributed by atoms with Gasteiger partial charge in [-0.2, -0.15) is 0 Å². The number of halogens is 1. The largest absolute Gasteiger partial charge is 0.365 e. The van der Waals surface area contributed by atoms with E-state index in [1.165, 1.54) is 24.3 Å². The molecule has 2 heterocycles. The number of nitrogens with zero attached hydrogens (tertiary/aromatic N) is 4. The van der Waals surface area contributed by atoms with E-state index in [0.29, 0.717) is 16.9 Å². The molecule has 1 aliphatic rings. The summed E-state index contributed by atoms with van der Waals surface area (Å²) in [6, 6.07) is 10.3. The van der Waals surface area contributed by atoms with Gasteiger partial charge in [0.25, 0.3) is 5.69 Å². The summed E-state index contributed by atoms with van der Waals surface area (Å²) < 4.78 is 16.2. The van der Waals surface area contributed by atoms with Crippen LogP contribution in [0, 0.1) is 29.8 Å². The summed E-state index contributed by atoms with van der Waals surface area (Å²) in [6.45, 7) is 3.63. The number of rotatable bonds is 2. The van der Waals surface area contributed by atoms with E-state index < -0.39 is 17.0 Å². The number of imidazole rings is 1. The summed E-state index contributed by atoms with van der Waals surface area (Å²) in [7, 11) is 0. The summed E-state index contributed by atoms with van der Waals surface area (Å²) in [6.07, 6.45) is -1.33. The average Bonchev–Trinajstić information content (AvgIpc) is 2.88. The molecule has 1 unspecified atom stereocenters. The second-order valence-electron chi connectivity index (χ2n) is 6.27. The lowest BCUT2D eigenvalue weighted by Crippen LogP contribution is -2.10. The third-order valence-electron chi connectivity index (χ3n) is 4.67. The second-order valence-corrected chi connectivity index (χ2v) is 6.27. The summed E-state index contributed by atoms with van der Waals surface area (Å²) in [5.74, 6) is -0.250. The SMILES string of the molecule is Cc1nc2n(c1C)-c1ccc([N+](=O)[O-])cc1C(c1ccccc1F)=NC2O. The van der Waals surface area contributed by atoms with Crippen LogP contribution in [0.4, 0.5) is 10.1 Å². The lowest BCUT2D eigenvalue weighted by atomic mass is 9.99. The molecule has 0 amide bonds. The average molecular weight is 366 g/mol. The van der Waals surface area contributed by atoms with Crippen molar-refractivity contribution in [1.82, 2.24) is 9.55 Å². The first-order valence-corrected chi connectivity index (χ1v) is 8.24. The Hall–Kier alpha value is -3.39. The van der Waals surface area contributed by atoms with Crippen molar-refractivity contribution in [2.24, 2.45) is 4.99 Å². The molecule has 0 radical (unpaired) electrons. The highest BCUT2D eigenvalue weighted by Gasteiger charge is 2.29. The van der Waals surface area contributed by atoms with Crippen LogP contribution in [0.2, 0.25) is 0 Å². The molecule has 3 aromatic rings. The lowest BCUT2D eigenvalue weighted by molar-refractivity contribution is -0.384. The number of aliphatic hydroxyl groups excluding tert-OH is 1. The molecule has 0 saturated carbocycles. The normalized spacial score (nSPS) is 15.6. The van der Waals surface area contributed by atoms with Crippen LogP contribution in [-0.2, 0) is 0 Å². The summed E-state index contributed by atoms with van der Waals surface area (Å²) in [4.78, 5) is 19.4. The molecular formula is C19H15FN4O3. The van der Waals surface area contributed by atoms with Crippen LogP contribution >= 0.6 is 0 Å². The minimum absolute atomic E-state index is 0.141. The Labute approximate surface area is 153 Å². The van der Waals surface area contributed by atoms with Crippen LogP contribution in [0.25, 0.3) is 5.69 Å². The molecule has 0 spiro atoms. The Kier molecular flexibility index (Phi) is 3.85. The molecule has 27 heavy (non-hydrogen) atoms. The molecule has 0 aliphatic carbocycles. The molecule has 2 aromatic carbocycles. The fourth-order valence-electron chi connectivity index (χ4n) is 3.25. The minimum Gasteiger partial charge on any atom is -0.365 e. The Morgan fingerprint density at radius 3 is 2.63 bits per heavy atom. The first kappa shape index (κ1) is 17.0. The van der Waals surface area contributed by atoms with Gasteiger partial charge in [0.1, 0.15) is 5.82 Å². The maximum Gasteiger partial charge on any atom is 0.270 e. The number of non-ortho nitro benzene ring substituents is 1. The quantitative estimate of drug-likeness (QED) is 0.556. The number of benzene rings is 2. The zero-order valence-electron chi connectivity index (χ0n) is 14.5. The Bertz CT molecular complexity index is 1120. The molecule has 136 valence electrons. The van der Waals surface area contributed by atoms with Crippen LogP contribution < -0.4 is 0 Å². The van der Waals surface area contributed by atoms with Gasteiger partial charge in [-0.1, -0.05) is 12.1 Å². The number of aryl methyl sites for hydroxylation is 1. The van der Waals surface area contributed by atoms with Crippen LogP contribution in [0.3, 0.4) is 0 Å². The number of aliphatic imine (C=N–C) groups is 1. The van der Waals surface area contributed by atoms with Gasteiger partial charge in [0.15, 0.2) is 5.82 Å². The van der Waals surface area contributed by atoms with Crippen LogP contribution in [0.1, 0.15) is 34.6 Å². The maximum absolute atomic E-state index is 14.5. The Morgan fingerprint density at radius 1 is 1.19 bits per heavy atom. The van der Waals surface area contributed by atoms with Gasteiger partial charge in [0.05, 0.1) is 22.0 Å². The lowest BCUT2D eigenvalue weighted by Gasteiger charge is -2.13. The number of nitro groups is 1. The number of hydrogen-bond acceptors (Lipinski definition) is 5. The first-order chi connectivity index (χ1) is 12.9. The fraction of sp³-hybridized carbons (Fsp3) is 0.158. The molecule has 8 heteroatoms. The van der Waals surface area contributed by atoms with Gasteiger partial charge >= 0.3 is 0 Å². The smallest absolute Gasteiger partial charge is 0.270 e. The number of hydrogen-bond donors (Lipinski definition) is 1. The zero-order chi connectivity index (χ0) is 19.3. The van der Waals surface area contributed by atoms with E-state index in [0.717, 1.165) is 5.69 Å². The van der Waals surface area contributed by atoms with Gasteiger partial charge in [-0.3, -0.25) is 14.7 Å². The van der Waals surface area contributed by atoms with E-state index in [1.54, 1.807) is 29.7 Å². The van der Waals surface area contributed by atoms with Crippen molar-refractivity contribution in [3.63, 3.8) is 0 Å². The van der Waals surface area contributed by atoms with Crippen molar-refractivity contribution < 1.29 is 14.4 Å². The highest BCUT2D eigenvalue weighted by molar-refractivity contribution is 6.15. The third-order valence-corrected chi connectivity index (χ3v) is 4.67. The first-order valence-electron chi connectivity index (χ1n) is 8.24. The molecule has 0 bridgehead atoms.